The Morgan fingerprint density at radius 2 is 1.19 bits per heavy atom. The number of esters is 2. The number of aliphatic hydroxyl groups is 2. The van der Waals surface area contributed by atoms with Crippen LogP contribution >= 0.6 is 0 Å². The van der Waals surface area contributed by atoms with Crippen LogP contribution < -0.4 is 0 Å². The molecule has 2 atom stereocenters. The molecule has 2 unspecified atom stereocenters. The molecule has 0 aromatic heterocycles. The van der Waals surface area contributed by atoms with Crippen LogP contribution in [0.3, 0.4) is 0 Å². The topological polar surface area (TPSA) is 147 Å². The first kappa shape index (κ1) is 23.8. The van der Waals surface area contributed by atoms with Gasteiger partial charge in [0, 0.05) is 40.0 Å². The van der Waals surface area contributed by atoms with Crippen molar-refractivity contribution in [3.63, 3.8) is 0 Å². The highest BCUT2D eigenvalue weighted by atomic mass is 16.5. The molecule has 0 saturated carbocycles. The van der Waals surface area contributed by atoms with Gasteiger partial charge in [-0.15, -0.1) is 0 Å². The molecule has 0 amide bonds. The predicted octanol–water partition coefficient (Wildman–Crippen LogP) is -1.51. The molecule has 0 aromatic rings. The minimum Gasteiger partial charge on any atom is -0.465 e. The smallest absolute Gasteiger partial charge is 0.302 e. The Morgan fingerprint density at radius 1 is 0.846 bits per heavy atom. The lowest BCUT2D eigenvalue weighted by Crippen LogP contribution is -2.53. The van der Waals surface area contributed by atoms with E-state index in [1.807, 2.05) is 12.1 Å². The van der Waals surface area contributed by atoms with Crippen LogP contribution in [0, 0.1) is 22.7 Å². The summed E-state index contributed by atoms with van der Waals surface area (Å²) >= 11 is 0. The summed E-state index contributed by atoms with van der Waals surface area (Å²) in [4.78, 5) is 25.0. The minimum atomic E-state index is -0.941. The van der Waals surface area contributed by atoms with Gasteiger partial charge in [0.1, 0.15) is 25.3 Å². The average Bonchev–Trinajstić information content (AvgIpc) is 2.58. The number of hydrogen-bond donors (Lipinski definition) is 2. The number of aliphatic hydroxyl groups excluding tert-OH is 2. The molecule has 0 aliphatic rings. The number of nitrogens with zero attached hydrogens (tertiary/aromatic N) is 4. The fraction of sp³-hybridized carbons (Fsp3) is 0.750. The molecule has 0 aliphatic carbocycles. The Hall–Kier alpha value is -2.24. The third-order valence-corrected chi connectivity index (χ3v) is 3.49. The van der Waals surface area contributed by atoms with E-state index in [1.54, 1.807) is 4.90 Å². The van der Waals surface area contributed by atoms with Crippen LogP contribution in [0.4, 0.5) is 0 Å². The lowest BCUT2D eigenvalue weighted by molar-refractivity contribution is -0.142. The molecule has 0 radical (unpaired) electrons. The van der Waals surface area contributed by atoms with E-state index in [1.165, 1.54) is 18.7 Å². The van der Waals surface area contributed by atoms with Gasteiger partial charge in [-0.1, -0.05) is 0 Å². The Morgan fingerprint density at radius 3 is 1.46 bits per heavy atom. The van der Waals surface area contributed by atoms with Gasteiger partial charge >= 0.3 is 11.9 Å². The molecule has 146 valence electrons. The molecule has 10 heteroatoms. The monoisotopic (exact) mass is 370 g/mol. The van der Waals surface area contributed by atoms with E-state index in [4.69, 9.17) is 19.7 Å². The number of rotatable bonds is 13. The Kier molecular flexibility index (Phi) is 12.8. The molecule has 10 nitrogen and oxygen atoms in total. The Labute approximate surface area is 153 Å². The first-order chi connectivity index (χ1) is 12.4. The van der Waals surface area contributed by atoms with E-state index < -0.39 is 24.0 Å². The van der Waals surface area contributed by atoms with E-state index in [0.717, 1.165) is 0 Å². The molecule has 0 bridgehead atoms. The maximum absolute atomic E-state index is 10.9. The summed E-state index contributed by atoms with van der Waals surface area (Å²) in [6, 6.07) is 2.19. The van der Waals surface area contributed by atoms with Crippen LogP contribution in [0.2, 0.25) is 0 Å². The van der Waals surface area contributed by atoms with Crippen LogP contribution in [0.5, 0.6) is 0 Å². The summed E-state index contributed by atoms with van der Waals surface area (Å²) in [5, 5.41) is 37.4. The number of carbonyl (C=O) groups is 2. The van der Waals surface area contributed by atoms with Gasteiger partial charge in [-0.2, -0.15) is 10.5 Å². The molecule has 0 aliphatic heterocycles. The zero-order chi connectivity index (χ0) is 19.9. The van der Waals surface area contributed by atoms with Crippen molar-refractivity contribution in [1.29, 1.82) is 10.5 Å². The number of carbonyl (C=O) groups excluding carboxylic acids is 2. The maximum Gasteiger partial charge on any atom is 0.302 e. The highest BCUT2D eigenvalue weighted by molar-refractivity contribution is 5.66. The third kappa shape index (κ3) is 9.30. The van der Waals surface area contributed by atoms with E-state index >= 15 is 0 Å². The molecule has 0 heterocycles. The first-order valence-electron chi connectivity index (χ1n) is 8.17. The second-order valence-electron chi connectivity index (χ2n) is 5.35. The van der Waals surface area contributed by atoms with Gasteiger partial charge in [-0.05, 0) is 0 Å². The highest BCUT2D eigenvalue weighted by Crippen LogP contribution is 2.11. The van der Waals surface area contributed by atoms with Gasteiger partial charge in [0.15, 0.2) is 0 Å². The van der Waals surface area contributed by atoms with Crippen LogP contribution in [0.1, 0.15) is 13.8 Å². The average molecular weight is 370 g/mol. The van der Waals surface area contributed by atoms with Crippen molar-refractivity contribution in [2.45, 2.75) is 25.9 Å². The van der Waals surface area contributed by atoms with Crippen molar-refractivity contribution in [2.75, 3.05) is 52.6 Å². The molecule has 0 saturated heterocycles. The van der Waals surface area contributed by atoms with E-state index in [0.29, 0.717) is 0 Å². The lowest BCUT2D eigenvalue weighted by Gasteiger charge is -2.34. The van der Waals surface area contributed by atoms with Gasteiger partial charge in [0.2, 0.25) is 0 Å². The van der Waals surface area contributed by atoms with Crippen molar-refractivity contribution in [2.24, 2.45) is 0 Å². The summed E-state index contributed by atoms with van der Waals surface area (Å²) in [6.45, 7) is 2.58. The Bertz CT molecular complexity index is 490. The van der Waals surface area contributed by atoms with Crippen LogP contribution in [0.15, 0.2) is 0 Å². The SMILES string of the molecule is CC(=O)OCCN(CCOC(C)=O)C(C#N)C(C#N)N(CCO)CCO. The summed E-state index contributed by atoms with van der Waals surface area (Å²) in [6.07, 6.45) is 0. The van der Waals surface area contributed by atoms with Crippen LogP contribution in [0.25, 0.3) is 0 Å². The number of nitriles is 2. The second-order valence-corrected chi connectivity index (χ2v) is 5.35. The van der Waals surface area contributed by atoms with Crippen LogP contribution in [-0.4, -0.2) is 96.6 Å². The first-order valence-corrected chi connectivity index (χ1v) is 8.17. The molecule has 0 aromatic carbocycles. The third-order valence-electron chi connectivity index (χ3n) is 3.49. The predicted molar refractivity (Wildman–Crippen MR) is 89.4 cm³/mol. The number of hydrogen-bond acceptors (Lipinski definition) is 10. The molecule has 0 rings (SSSR count). The summed E-state index contributed by atoms with van der Waals surface area (Å²) < 4.78 is 9.78. The second kappa shape index (κ2) is 14.0. The minimum absolute atomic E-state index is 0.00569. The molecular weight excluding hydrogens is 344 g/mol. The molecule has 0 spiro atoms. The van der Waals surface area contributed by atoms with Crippen molar-refractivity contribution < 1.29 is 29.3 Å². The van der Waals surface area contributed by atoms with E-state index in [2.05, 4.69) is 0 Å². The molecule has 26 heavy (non-hydrogen) atoms. The Balaban J connectivity index is 5.28. The standard InChI is InChI=1S/C16H26N4O6/c1-13(23)25-9-5-20(6-10-26-14(2)24)16(12-18)15(11-17)19(3-7-21)4-8-22/h15-16,21-22H,3-10H2,1-2H3. The van der Waals surface area contributed by atoms with Crippen molar-refractivity contribution in [3.05, 3.63) is 0 Å². The zero-order valence-corrected chi connectivity index (χ0v) is 15.1. The van der Waals surface area contributed by atoms with Gasteiger partial charge in [-0.3, -0.25) is 19.4 Å². The van der Waals surface area contributed by atoms with Gasteiger partial charge in [0.05, 0.1) is 25.4 Å². The van der Waals surface area contributed by atoms with Crippen molar-refractivity contribution in [3.8, 4) is 12.1 Å². The fourth-order valence-electron chi connectivity index (χ4n) is 2.35. The lowest BCUT2D eigenvalue weighted by atomic mass is 10.1. The summed E-state index contributed by atoms with van der Waals surface area (Å²) in [5.41, 5.74) is 0. The van der Waals surface area contributed by atoms with E-state index in [-0.39, 0.29) is 52.6 Å². The number of ether oxygens (including phenoxy) is 2. The zero-order valence-electron chi connectivity index (χ0n) is 15.1. The van der Waals surface area contributed by atoms with Gasteiger partial charge in [0.25, 0.3) is 0 Å². The van der Waals surface area contributed by atoms with Crippen molar-refractivity contribution >= 4 is 11.9 Å². The summed E-state index contributed by atoms with van der Waals surface area (Å²) in [5.74, 6) is -0.949. The summed E-state index contributed by atoms with van der Waals surface area (Å²) in [7, 11) is 0. The normalized spacial score (nSPS) is 12.9. The highest BCUT2D eigenvalue weighted by Gasteiger charge is 2.32. The van der Waals surface area contributed by atoms with E-state index in [9.17, 15) is 20.1 Å². The largest absolute Gasteiger partial charge is 0.465 e. The van der Waals surface area contributed by atoms with Crippen LogP contribution in [-0.2, 0) is 19.1 Å². The molecule has 0 fully saturated rings. The maximum atomic E-state index is 10.9. The van der Waals surface area contributed by atoms with Gasteiger partial charge < -0.3 is 19.7 Å². The van der Waals surface area contributed by atoms with Crippen molar-refractivity contribution in [1.82, 2.24) is 9.80 Å². The quantitative estimate of drug-likeness (QED) is 0.366. The fourth-order valence-corrected chi connectivity index (χ4v) is 2.35. The van der Waals surface area contributed by atoms with Gasteiger partial charge in [-0.25, -0.2) is 0 Å². The molecular formula is C16H26N4O6. The molecule has 2 N–H and O–H groups in total.